The number of allylic oxidation sites excluding steroid dienone is 10. The van der Waals surface area contributed by atoms with Gasteiger partial charge in [-0.25, -0.2) is 15.0 Å². The highest BCUT2D eigenvalue weighted by Gasteiger charge is 2.54. The van der Waals surface area contributed by atoms with Crippen molar-refractivity contribution in [3.8, 4) is 56.4 Å². The third-order valence-corrected chi connectivity index (χ3v) is 12.7. The van der Waals surface area contributed by atoms with Gasteiger partial charge in [0.25, 0.3) is 0 Å². The average Bonchev–Trinajstić information content (AvgIpc) is 3.80. The van der Waals surface area contributed by atoms with E-state index in [1.165, 1.54) is 55.7 Å². The quantitative estimate of drug-likeness (QED) is 0.168. The van der Waals surface area contributed by atoms with E-state index in [-0.39, 0.29) is 5.92 Å². The maximum atomic E-state index is 5.14. The smallest absolute Gasteiger partial charge is 0.164 e. The fraction of sp³-hybridized carbons (Fsp3) is 0.0678. The predicted octanol–water partition coefficient (Wildman–Crippen LogP) is 14.4. The zero-order valence-corrected chi connectivity index (χ0v) is 34.7. The highest BCUT2D eigenvalue weighted by Crippen LogP contribution is 2.65. The molecule has 0 saturated heterocycles. The van der Waals surface area contributed by atoms with Crippen LogP contribution in [0.25, 0.3) is 67.6 Å². The molecule has 1 aromatic heterocycles. The molecule has 3 nitrogen and oxygen atoms in total. The van der Waals surface area contributed by atoms with Gasteiger partial charge in [0.1, 0.15) is 0 Å². The van der Waals surface area contributed by atoms with Crippen molar-refractivity contribution in [2.24, 2.45) is 5.92 Å². The third-order valence-electron chi connectivity index (χ3n) is 12.7. The van der Waals surface area contributed by atoms with Crippen molar-refractivity contribution in [1.82, 2.24) is 15.0 Å². The summed E-state index contributed by atoms with van der Waals surface area (Å²) in [4.78, 5) is 15.3. The van der Waals surface area contributed by atoms with Gasteiger partial charge >= 0.3 is 0 Å². The van der Waals surface area contributed by atoms with E-state index >= 15 is 0 Å². The number of benzene rings is 7. The summed E-state index contributed by atoms with van der Waals surface area (Å²) in [6, 6.07) is 64.7. The lowest BCUT2D eigenvalue weighted by Crippen LogP contribution is -2.28. The number of aromatic nitrogens is 3. The second-order valence-corrected chi connectivity index (χ2v) is 16.2. The molecule has 1 heterocycles. The molecule has 0 aliphatic heterocycles. The van der Waals surface area contributed by atoms with Crippen molar-refractivity contribution in [3.05, 3.63) is 257 Å². The van der Waals surface area contributed by atoms with Crippen LogP contribution < -0.4 is 0 Å². The molecular weight excluding hydrogens is 751 g/mol. The Kier molecular flexibility index (Phi) is 9.24. The molecule has 0 amide bonds. The number of fused-ring (bicyclic) bond motifs is 7. The zero-order chi connectivity index (χ0) is 41.6. The standard InChI is InChI=1S/C59H43N3/c1-3-4-23-50-49-27-15-18-31-54(49)59(52-29-16-13-25-47(52)48-26-14-17-30-53(48)59)55(50)45-37-36-44(38-39(45)2)40-32-34-43(35-33-40)57-60-56(42-21-9-6-10-22-42)61-58(62-57)51-28-12-11-24-46(51)41-19-7-5-8-20-41/h3-39H,1-2H3/b4-3-,50-23+,55-45-. The number of hydrogen-bond donors (Lipinski definition) is 0. The van der Waals surface area contributed by atoms with E-state index < -0.39 is 5.41 Å². The van der Waals surface area contributed by atoms with Gasteiger partial charge in [0.2, 0.25) is 0 Å². The molecule has 11 rings (SSSR count). The second-order valence-electron chi connectivity index (χ2n) is 16.2. The van der Waals surface area contributed by atoms with Crippen LogP contribution in [0.3, 0.4) is 0 Å². The van der Waals surface area contributed by atoms with E-state index in [0.29, 0.717) is 17.5 Å². The normalized spacial score (nSPS) is 17.6. The fourth-order valence-corrected chi connectivity index (χ4v) is 10.00. The summed E-state index contributed by atoms with van der Waals surface area (Å²) in [6.07, 6.45) is 13.8. The van der Waals surface area contributed by atoms with Crippen molar-refractivity contribution < 1.29 is 0 Å². The summed E-state index contributed by atoms with van der Waals surface area (Å²) in [5, 5.41) is 0. The van der Waals surface area contributed by atoms with Crippen LogP contribution >= 0.6 is 0 Å². The molecule has 62 heavy (non-hydrogen) atoms. The summed E-state index contributed by atoms with van der Waals surface area (Å²) >= 11 is 0. The number of rotatable bonds is 6. The van der Waals surface area contributed by atoms with E-state index in [0.717, 1.165) is 33.4 Å². The van der Waals surface area contributed by atoms with Crippen LogP contribution in [0.5, 0.6) is 0 Å². The monoisotopic (exact) mass is 793 g/mol. The summed E-state index contributed by atoms with van der Waals surface area (Å²) in [5.41, 5.74) is 18.9. The summed E-state index contributed by atoms with van der Waals surface area (Å²) in [6.45, 7) is 4.44. The molecular formula is C59H43N3. The van der Waals surface area contributed by atoms with E-state index in [1.54, 1.807) is 0 Å². The molecule has 294 valence electrons. The van der Waals surface area contributed by atoms with Crippen LogP contribution in [-0.2, 0) is 5.41 Å². The van der Waals surface area contributed by atoms with Gasteiger partial charge in [0.05, 0.1) is 5.41 Å². The van der Waals surface area contributed by atoms with Gasteiger partial charge in [0, 0.05) is 22.6 Å². The minimum Gasteiger partial charge on any atom is -0.208 e. The molecule has 0 saturated carbocycles. The van der Waals surface area contributed by atoms with Crippen molar-refractivity contribution in [1.29, 1.82) is 0 Å². The second kappa shape index (κ2) is 15.4. The van der Waals surface area contributed by atoms with Gasteiger partial charge in [-0.2, -0.15) is 0 Å². The molecule has 0 N–H and O–H groups in total. The lowest BCUT2D eigenvalue weighted by molar-refractivity contribution is 0.758. The van der Waals surface area contributed by atoms with Gasteiger partial charge in [-0.15, -0.1) is 0 Å². The Bertz CT molecular complexity index is 3140. The maximum absolute atomic E-state index is 5.14. The van der Waals surface area contributed by atoms with E-state index in [9.17, 15) is 0 Å². The highest BCUT2D eigenvalue weighted by atomic mass is 15.0. The summed E-state index contributed by atoms with van der Waals surface area (Å²) in [5.74, 6) is 2.08. The zero-order valence-electron chi connectivity index (χ0n) is 34.7. The van der Waals surface area contributed by atoms with Crippen LogP contribution in [0.4, 0.5) is 0 Å². The van der Waals surface area contributed by atoms with E-state index in [2.05, 4.69) is 202 Å². The Balaban J connectivity index is 1.00. The largest absolute Gasteiger partial charge is 0.208 e. The van der Waals surface area contributed by atoms with Crippen molar-refractivity contribution in [3.63, 3.8) is 0 Å². The lowest BCUT2D eigenvalue weighted by Gasteiger charge is -2.34. The maximum Gasteiger partial charge on any atom is 0.164 e. The van der Waals surface area contributed by atoms with Crippen molar-refractivity contribution >= 4 is 11.1 Å². The molecule has 8 aromatic rings. The summed E-state index contributed by atoms with van der Waals surface area (Å²) < 4.78 is 0. The van der Waals surface area contributed by atoms with Crippen LogP contribution in [0.1, 0.15) is 41.7 Å². The number of hydrogen-bond acceptors (Lipinski definition) is 3. The highest BCUT2D eigenvalue weighted by molar-refractivity contribution is 6.01. The first-order chi connectivity index (χ1) is 30.6. The SMILES string of the molecule is C\C=C/C=C1/C(=C2\C=CC(c3ccc(-c4nc(-c5ccccc5)nc(-c5ccccc5-c5ccccc5)n4)cc3)=CC2C)C2(c3ccccc31)c1ccccc1-c1ccccc12. The molecule has 7 aromatic carbocycles. The van der Waals surface area contributed by atoms with Gasteiger partial charge < -0.3 is 0 Å². The Morgan fingerprint density at radius 1 is 0.435 bits per heavy atom. The Morgan fingerprint density at radius 2 is 0.903 bits per heavy atom. The average molecular weight is 794 g/mol. The fourth-order valence-electron chi connectivity index (χ4n) is 10.00. The molecule has 1 spiro atoms. The van der Waals surface area contributed by atoms with Crippen molar-refractivity contribution in [2.75, 3.05) is 0 Å². The third kappa shape index (κ3) is 6.00. The summed E-state index contributed by atoms with van der Waals surface area (Å²) in [7, 11) is 0. The first-order valence-corrected chi connectivity index (χ1v) is 21.5. The molecule has 1 unspecified atom stereocenters. The first kappa shape index (κ1) is 37.3. The Morgan fingerprint density at radius 3 is 1.50 bits per heavy atom. The number of nitrogens with zero attached hydrogens (tertiary/aromatic N) is 3. The Hall–Kier alpha value is -7.75. The van der Waals surface area contributed by atoms with E-state index in [1.807, 2.05) is 30.3 Å². The van der Waals surface area contributed by atoms with Crippen LogP contribution in [0.2, 0.25) is 0 Å². The molecule has 3 aliphatic carbocycles. The molecule has 0 radical (unpaired) electrons. The van der Waals surface area contributed by atoms with Gasteiger partial charge in [-0.05, 0) is 79.3 Å². The van der Waals surface area contributed by atoms with Crippen LogP contribution in [0, 0.1) is 5.92 Å². The first-order valence-electron chi connectivity index (χ1n) is 21.5. The molecule has 1 atom stereocenters. The van der Waals surface area contributed by atoms with Crippen molar-refractivity contribution in [2.45, 2.75) is 19.3 Å². The Labute approximate surface area is 363 Å². The molecule has 3 heteroatoms. The van der Waals surface area contributed by atoms with Gasteiger partial charge in [0.15, 0.2) is 17.5 Å². The minimum atomic E-state index is -0.429. The predicted molar refractivity (Wildman–Crippen MR) is 256 cm³/mol. The van der Waals surface area contributed by atoms with E-state index in [4.69, 9.17) is 15.0 Å². The van der Waals surface area contributed by atoms with Crippen LogP contribution in [-0.4, -0.2) is 15.0 Å². The van der Waals surface area contributed by atoms with Gasteiger partial charge in [-0.3, -0.25) is 0 Å². The molecule has 3 aliphatic rings. The topological polar surface area (TPSA) is 38.7 Å². The molecule has 0 fully saturated rings. The van der Waals surface area contributed by atoms with Crippen LogP contribution in [0.15, 0.2) is 230 Å². The van der Waals surface area contributed by atoms with Gasteiger partial charge in [-0.1, -0.05) is 225 Å². The minimum absolute atomic E-state index is 0.147. The lowest BCUT2D eigenvalue weighted by atomic mass is 9.67. The molecule has 0 bridgehead atoms.